The van der Waals surface area contributed by atoms with E-state index in [1.165, 1.54) is 12.8 Å². The Morgan fingerprint density at radius 1 is 0.955 bits per heavy atom. The SMILES string of the molecule is COc1cc(-c2cn([C@H]3CC[C@H](N4CCN(C)CC4)CC3)c3ncnc(N)c23)ccc1NC(=O)c1cc2ccccc2n1C. The maximum Gasteiger partial charge on any atom is 0.272 e. The van der Waals surface area contributed by atoms with Crippen molar-refractivity contribution in [2.24, 2.45) is 7.05 Å². The second-order valence-corrected chi connectivity index (χ2v) is 12.2. The summed E-state index contributed by atoms with van der Waals surface area (Å²) in [6.07, 6.45) is 8.31. The average molecular weight is 593 g/mol. The van der Waals surface area contributed by atoms with Gasteiger partial charge in [-0.15, -0.1) is 0 Å². The first-order valence-corrected chi connectivity index (χ1v) is 15.5. The smallest absolute Gasteiger partial charge is 0.272 e. The molecule has 0 bridgehead atoms. The topological polar surface area (TPSA) is 106 Å². The van der Waals surface area contributed by atoms with E-state index in [0.717, 1.165) is 72.1 Å². The Balaban J connectivity index is 1.15. The number of aryl methyl sites for hydroxylation is 1. The molecule has 2 fully saturated rings. The number of hydrogen-bond acceptors (Lipinski definition) is 7. The van der Waals surface area contributed by atoms with E-state index >= 15 is 0 Å². The number of nitrogen functional groups attached to an aromatic ring is 1. The number of amides is 1. The van der Waals surface area contributed by atoms with Crippen LogP contribution in [-0.2, 0) is 7.05 Å². The number of nitrogens with two attached hydrogens (primary N) is 1. The molecule has 3 N–H and O–H groups in total. The molecule has 7 rings (SSSR count). The number of methoxy groups -OCH3 is 1. The minimum absolute atomic E-state index is 0.198. The number of hydrogen-bond donors (Lipinski definition) is 2. The number of nitrogens with zero attached hydrogens (tertiary/aromatic N) is 6. The third-order valence-electron chi connectivity index (χ3n) is 9.70. The van der Waals surface area contributed by atoms with Crippen LogP contribution in [0.1, 0.15) is 42.2 Å². The first-order chi connectivity index (χ1) is 21.4. The van der Waals surface area contributed by atoms with E-state index in [2.05, 4.69) is 37.9 Å². The quantitative estimate of drug-likeness (QED) is 0.280. The highest BCUT2D eigenvalue weighted by Crippen LogP contribution is 2.41. The summed E-state index contributed by atoms with van der Waals surface area (Å²) in [7, 11) is 5.73. The molecule has 10 heteroatoms. The first-order valence-electron chi connectivity index (χ1n) is 15.5. The van der Waals surface area contributed by atoms with Crippen LogP contribution < -0.4 is 15.8 Å². The highest BCUT2D eigenvalue weighted by Gasteiger charge is 2.30. The van der Waals surface area contributed by atoms with Crippen LogP contribution >= 0.6 is 0 Å². The van der Waals surface area contributed by atoms with Gasteiger partial charge in [-0.25, -0.2) is 9.97 Å². The molecular weight excluding hydrogens is 552 g/mol. The fourth-order valence-electron chi connectivity index (χ4n) is 7.15. The molecule has 3 aromatic heterocycles. The molecule has 0 atom stereocenters. The van der Waals surface area contributed by atoms with Gasteiger partial charge in [0.25, 0.3) is 5.91 Å². The highest BCUT2D eigenvalue weighted by molar-refractivity contribution is 6.07. The van der Waals surface area contributed by atoms with E-state index < -0.39 is 0 Å². The summed E-state index contributed by atoms with van der Waals surface area (Å²) in [5.74, 6) is 0.830. The molecule has 1 amide bonds. The van der Waals surface area contributed by atoms with Crippen LogP contribution in [0.5, 0.6) is 5.75 Å². The summed E-state index contributed by atoms with van der Waals surface area (Å²) in [4.78, 5) is 27.5. The fourth-order valence-corrected chi connectivity index (χ4v) is 7.15. The number of likely N-dealkylation sites (N-methyl/N-ethyl adjacent to an activating group) is 1. The predicted molar refractivity (Wildman–Crippen MR) is 175 cm³/mol. The second kappa shape index (κ2) is 11.6. The van der Waals surface area contributed by atoms with Gasteiger partial charge in [0.15, 0.2) is 0 Å². The number of carbonyl (C=O) groups is 1. The number of fused-ring (bicyclic) bond motifs is 2. The number of ether oxygens (including phenoxy) is 1. The molecule has 2 aliphatic rings. The Hall–Kier alpha value is -4.41. The van der Waals surface area contributed by atoms with Gasteiger partial charge in [-0.05, 0) is 62.6 Å². The molecule has 1 saturated carbocycles. The maximum absolute atomic E-state index is 13.3. The highest BCUT2D eigenvalue weighted by atomic mass is 16.5. The Morgan fingerprint density at radius 2 is 1.70 bits per heavy atom. The number of nitrogens with one attached hydrogen (secondary N) is 1. The van der Waals surface area contributed by atoms with Crippen LogP contribution in [0, 0.1) is 0 Å². The largest absolute Gasteiger partial charge is 0.495 e. The van der Waals surface area contributed by atoms with E-state index in [1.807, 2.05) is 60.1 Å². The lowest BCUT2D eigenvalue weighted by atomic mass is 9.89. The number of anilines is 2. The number of para-hydroxylation sites is 1. The summed E-state index contributed by atoms with van der Waals surface area (Å²) >= 11 is 0. The third kappa shape index (κ3) is 5.07. The standard InChI is InChI=1S/C34H40N8O2/c1-39-14-16-41(17-15-39)24-9-11-25(12-10-24)42-20-26(31-32(35)36-21-37-33(31)42)22-8-13-27(30(19-22)44-3)38-34(43)29-18-23-6-4-5-7-28(23)40(29)2/h4-8,13,18-21,24-25H,9-12,14-17H2,1-3H3,(H,38,43)(H2,35,36,37)/t24-,25-. The molecule has 2 aromatic carbocycles. The van der Waals surface area contributed by atoms with E-state index in [9.17, 15) is 4.79 Å². The Morgan fingerprint density at radius 3 is 2.45 bits per heavy atom. The fraction of sp³-hybridized carbons (Fsp3) is 0.382. The molecule has 5 aromatic rings. The number of benzene rings is 2. The minimum Gasteiger partial charge on any atom is -0.495 e. The van der Waals surface area contributed by atoms with Gasteiger partial charge >= 0.3 is 0 Å². The molecule has 4 heterocycles. The predicted octanol–water partition coefficient (Wildman–Crippen LogP) is 5.16. The lowest BCUT2D eigenvalue weighted by Gasteiger charge is -2.41. The van der Waals surface area contributed by atoms with Gasteiger partial charge in [-0.1, -0.05) is 24.3 Å². The molecule has 1 saturated heterocycles. The monoisotopic (exact) mass is 592 g/mol. The van der Waals surface area contributed by atoms with Crippen molar-refractivity contribution in [3.05, 3.63) is 66.7 Å². The van der Waals surface area contributed by atoms with Crippen molar-refractivity contribution >= 4 is 39.3 Å². The Bertz CT molecular complexity index is 1830. The number of rotatable bonds is 6. The van der Waals surface area contributed by atoms with Gasteiger partial charge in [-0.2, -0.15) is 0 Å². The van der Waals surface area contributed by atoms with Gasteiger partial charge in [-0.3, -0.25) is 9.69 Å². The molecule has 10 nitrogen and oxygen atoms in total. The number of piperazine rings is 1. The molecule has 0 radical (unpaired) electrons. The molecule has 1 aliphatic heterocycles. The van der Waals surface area contributed by atoms with E-state index in [0.29, 0.717) is 35.0 Å². The van der Waals surface area contributed by atoms with Gasteiger partial charge < -0.3 is 29.8 Å². The van der Waals surface area contributed by atoms with Crippen LogP contribution in [0.3, 0.4) is 0 Å². The van der Waals surface area contributed by atoms with Crippen LogP contribution in [0.15, 0.2) is 61.1 Å². The van der Waals surface area contributed by atoms with Gasteiger partial charge in [0.1, 0.15) is 29.2 Å². The average Bonchev–Trinajstić information content (AvgIpc) is 3.61. The van der Waals surface area contributed by atoms with Crippen molar-refractivity contribution < 1.29 is 9.53 Å². The second-order valence-electron chi connectivity index (χ2n) is 12.2. The summed E-state index contributed by atoms with van der Waals surface area (Å²) in [6.45, 7) is 4.62. The van der Waals surface area contributed by atoms with Crippen LogP contribution in [0.4, 0.5) is 11.5 Å². The van der Waals surface area contributed by atoms with Crippen molar-refractivity contribution in [3.8, 4) is 16.9 Å². The molecule has 1 aliphatic carbocycles. The van der Waals surface area contributed by atoms with Gasteiger partial charge in [0.05, 0.1) is 18.2 Å². The minimum atomic E-state index is -0.198. The van der Waals surface area contributed by atoms with E-state index in [1.54, 1.807) is 13.4 Å². The summed E-state index contributed by atoms with van der Waals surface area (Å²) < 4.78 is 9.99. The zero-order chi connectivity index (χ0) is 30.4. The van der Waals surface area contributed by atoms with Crippen molar-refractivity contribution in [2.75, 3.05) is 51.4 Å². The molecular formula is C34H40N8O2. The van der Waals surface area contributed by atoms with Crippen molar-refractivity contribution in [2.45, 2.75) is 37.8 Å². The van der Waals surface area contributed by atoms with Gasteiger partial charge in [0.2, 0.25) is 0 Å². The zero-order valence-corrected chi connectivity index (χ0v) is 25.7. The van der Waals surface area contributed by atoms with Crippen LogP contribution in [0.25, 0.3) is 33.1 Å². The normalized spacial score (nSPS) is 19.9. The summed E-state index contributed by atoms with van der Waals surface area (Å²) in [5.41, 5.74) is 11.4. The van der Waals surface area contributed by atoms with Crippen LogP contribution in [0.2, 0.25) is 0 Å². The summed E-state index contributed by atoms with van der Waals surface area (Å²) in [6, 6.07) is 16.7. The zero-order valence-electron chi connectivity index (χ0n) is 25.7. The number of carbonyl (C=O) groups excluding carboxylic acids is 1. The van der Waals surface area contributed by atoms with Crippen molar-refractivity contribution in [3.63, 3.8) is 0 Å². The van der Waals surface area contributed by atoms with Crippen LogP contribution in [-0.4, -0.2) is 81.2 Å². The van der Waals surface area contributed by atoms with Crippen molar-refractivity contribution in [1.29, 1.82) is 0 Å². The molecule has 0 spiro atoms. The van der Waals surface area contributed by atoms with E-state index in [-0.39, 0.29) is 5.91 Å². The molecule has 0 unspecified atom stereocenters. The molecule has 228 valence electrons. The van der Waals surface area contributed by atoms with Gasteiger partial charge in [0, 0.05) is 68.0 Å². The maximum atomic E-state index is 13.3. The lowest BCUT2D eigenvalue weighted by Crippen LogP contribution is -2.49. The Labute approximate surface area is 257 Å². The molecule has 44 heavy (non-hydrogen) atoms. The number of aromatic nitrogens is 4. The van der Waals surface area contributed by atoms with E-state index in [4.69, 9.17) is 15.5 Å². The Kier molecular flexibility index (Phi) is 7.47. The first kappa shape index (κ1) is 28.4. The third-order valence-corrected chi connectivity index (χ3v) is 9.70. The lowest BCUT2D eigenvalue weighted by molar-refractivity contribution is 0.0828. The van der Waals surface area contributed by atoms with Crippen molar-refractivity contribution in [1.82, 2.24) is 28.9 Å². The summed E-state index contributed by atoms with van der Waals surface area (Å²) in [5, 5.41) is 4.92.